The maximum atomic E-state index is 13.6. The van der Waals surface area contributed by atoms with E-state index in [1.54, 1.807) is 29.2 Å². The molecule has 32 heavy (non-hydrogen) atoms. The second kappa shape index (κ2) is 8.46. The van der Waals surface area contributed by atoms with Gasteiger partial charge in [0.1, 0.15) is 11.9 Å². The first-order chi connectivity index (χ1) is 15.6. The van der Waals surface area contributed by atoms with Crippen molar-refractivity contribution >= 4 is 23.2 Å². The molecule has 3 aromatic carbocycles. The van der Waals surface area contributed by atoms with Crippen LogP contribution in [0.3, 0.4) is 0 Å². The summed E-state index contributed by atoms with van der Waals surface area (Å²) in [6, 6.07) is 22.7. The third-order valence-corrected chi connectivity index (χ3v) is 6.28. The fourth-order valence-electron chi connectivity index (χ4n) is 4.60. The van der Waals surface area contributed by atoms with Crippen molar-refractivity contribution in [2.24, 2.45) is 0 Å². The molecule has 0 N–H and O–H groups in total. The highest BCUT2D eigenvalue weighted by Gasteiger charge is 2.41. The highest BCUT2D eigenvalue weighted by atomic mass is 19.1. The average Bonchev–Trinajstić information content (AvgIpc) is 3.24. The maximum absolute atomic E-state index is 13.6. The molecule has 6 heteroatoms. The van der Waals surface area contributed by atoms with Crippen LogP contribution in [-0.4, -0.2) is 48.9 Å². The smallest absolute Gasteiger partial charge is 0.259 e. The van der Waals surface area contributed by atoms with Gasteiger partial charge in [0.25, 0.3) is 5.91 Å². The monoisotopic (exact) mass is 429 g/mol. The largest absolute Gasteiger partial charge is 0.368 e. The van der Waals surface area contributed by atoms with E-state index in [4.69, 9.17) is 0 Å². The number of carbonyl (C=O) groups is 2. The van der Waals surface area contributed by atoms with E-state index in [-0.39, 0.29) is 17.6 Å². The molecule has 1 saturated heterocycles. The van der Waals surface area contributed by atoms with Gasteiger partial charge in [0, 0.05) is 49.5 Å². The molecule has 5 nitrogen and oxygen atoms in total. The van der Waals surface area contributed by atoms with Crippen LogP contribution in [-0.2, 0) is 11.2 Å². The quantitative estimate of drug-likeness (QED) is 0.637. The number of nitrogens with zero attached hydrogens (tertiary/aromatic N) is 3. The van der Waals surface area contributed by atoms with Crippen LogP contribution in [0.2, 0.25) is 0 Å². The zero-order chi connectivity index (χ0) is 22.1. The first kappa shape index (κ1) is 20.2. The fraction of sp³-hybridized carbons (Fsp3) is 0.231. The van der Waals surface area contributed by atoms with Crippen molar-refractivity contribution < 1.29 is 14.0 Å². The molecule has 1 atom stereocenters. The van der Waals surface area contributed by atoms with Crippen LogP contribution >= 0.6 is 0 Å². The van der Waals surface area contributed by atoms with E-state index in [0.717, 1.165) is 16.9 Å². The Bertz CT molecular complexity index is 1130. The number of carbonyl (C=O) groups excluding carboxylic acids is 2. The summed E-state index contributed by atoms with van der Waals surface area (Å²) in [5.41, 5.74) is 3.35. The Labute approximate surface area is 186 Å². The molecule has 0 aromatic heterocycles. The first-order valence-electron chi connectivity index (χ1n) is 10.9. The highest BCUT2D eigenvalue weighted by Crippen LogP contribution is 2.34. The van der Waals surface area contributed by atoms with Gasteiger partial charge in [-0.25, -0.2) is 4.39 Å². The van der Waals surface area contributed by atoms with Crippen molar-refractivity contribution in [2.75, 3.05) is 36.0 Å². The molecule has 2 amide bonds. The van der Waals surface area contributed by atoms with Gasteiger partial charge < -0.3 is 9.80 Å². The van der Waals surface area contributed by atoms with E-state index in [1.165, 1.54) is 12.1 Å². The van der Waals surface area contributed by atoms with Crippen molar-refractivity contribution in [2.45, 2.75) is 12.5 Å². The van der Waals surface area contributed by atoms with Crippen molar-refractivity contribution in [1.82, 2.24) is 4.90 Å². The van der Waals surface area contributed by atoms with Crippen LogP contribution in [0.15, 0.2) is 78.9 Å². The van der Waals surface area contributed by atoms with Gasteiger partial charge in [0.2, 0.25) is 5.91 Å². The summed E-state index contributed by atoms with van der Waals surface area (Å²) in [6.07, 6.45) is 0.520. The molecule has 1 fully saturated rings. The van der Waals surface area contributed by atoms with Gasteiger partial charge in [-0.3, -0.25) is 14.5 Å². The van der Waals surface area contributed by atoms with E-state index in [2.05, 4.69) is 4.90 Å². The average molecular weight is 429 g/mol. The number of hydrogen-bond acceptors (Lipinski definition) is 3. The summed E-state index contributed by atoms with van der Waals surface area (Å²) in [6.45, 7) is 2.47. The van der Waals surface area contributed by atoms with Crippen molar-refractivity contribution in [3.05, 3.63) is 95.8 Å². The Balaban J connectivity index is 1.34. The molecule has 0 bridgehead atoms. The summed E-state index contributed by atoms with van der Waals surface area (Å²) < 4.78 is 13.2. The molecule has 0 saturated carbocycles. The molecule has 2 aliphatic rings. The second-order valence-corrected chi connectivity index (χ2v) is 8.18. The Hall–Kier alpha value is -3.67. The third-order valence-electron chi connectivity index (χ3n) is 6.28. The van der Waals surface area contributed by atoms with Crippen LogP contribution in [0, 0.1) is 5.82 Å². The number of rotatable bonds is 3. The lowest BCUT2D eigenvalue weighted by Gasteiger charge is -2.38. The first-order valence-corrected chi connectivity index (χ1v) is 10.9. The van der Waals surface area contributed by atoms with Gasteiger partial charge in [-0.1, -0.05) is 36.4 Å². The second-order valence-electron chi connectivity index (χ2n) is 8.18. The Morgan fingerprint density at radius 2 is 1.44 bits per heavy atom. The molecular formula is C26H24FN3O2. The van der Waals surface area contributed by atoms with Crippen molar-refractivity contribution in [3.8, 4) is 0 Å². The number of benzene rings is 3. The molecule has 162 valence electrons. The number of fused-ring (bicyclic) bond motifs is 1. The Kier molecular flexibility index (Phi) is 5.35. The minimum absolute atomic E-state index is 0.0239. The minimum atomic E-state index is -0.544. The molecule has 0 aliphatic carbocycles. The molecule has 2 aliphatic heterocycles. The van der Waals surface area contributed by atoms with Crippen LogP contribution < -0.4 is 9.80 Å². The number of piperazine rings is 1. The van der Waals surface area contributed by atoms with Gasteiger partial charge in [0.05, 0.1) is 0 Å². The lowest BCUT2D eigenvalue weighted by Crippen LogP contribution is -2.55. The van der Waals surface area contributed by atoms with E-state index < -0.39 is 6.04 Å². The Morgan fingerprint density at radius 1 is 0.781 bits per heavy atom. The highest BCUT2D eigenvalue weighted by molar-refractivity contribution is 6.11. The number of hydrogen-bond donors (Lipinski definition) is 0. The van der Waals surface area contributed by atoms with Crippen LogP contribution in [0.4, 0.5) is 15.8 Å². The summed E-state index contributed by atoms with van der Waals surface area (Å²) in [4.78, 5) is 32.6. The number of halogens is 1. The van der Waals surface area contributed by atoms with E-state index >= 15 is 0 Å². The molecule has 3 aromatic rings. The summed E-state index contributed by atoms with van der Waals surface area (Å²) >= 11 is 0. The zero-order valence-corrected chi connectivity index (χ0v) is 17.7. The third kappa shape index (κ3) is 3.73. The van der Waals surface area contributed by atoms with Gasteiger partial charge in [-0.15, -0.1) is 0 Å². The fourth-order valence-corrected chi connectivity index (χ4v) is 4.60. The predicted octanol–water partition coefficient (Wildman–Crippen LogP) is 3.75. The predicted molar refractivity (Wildman–Crippen MR) is 122 cm³/mol. The molecule has 0 spiro atoms. The molecule has 5 rings (SSSR count). The number of amides is 2. The molecule has 2 heterocycles. The molecule has 0 radical (unpaired) electrons. The van der Waals surface area contributed by atoms with Gasteiger partial charge in [-0.05, 0) is 48.0 Å². The number of anilines is 2. The van der Waals surface area contributed by atoms with Crippen LogP contribution in [0.5, 0.6) is 0 Å². The standard InChI is InChI=1S/C26H24FN3O2/c27-21-10-12-22(13-11-21)28-14-16-29(17-15-28)26(32)24-18-20-8-4-5-9-23(20)30(24)25(31)19-6-2-1-3-7-19/h1-13,24H,14-18H2/t24-/m1/s1. The van der Waals surface area contributed by atoms with Crippen LogP contribution in [0.25, 0.3) is 0 Å². The lowest BCUT2D eigenvalue weighted by atomic mass is 10.1. The minimum Gasteiger partial charge on any atom is -0.368 e. The van der Waals surface area contributed by atoms with Crippen LogP contribution in [0.1, 0.15) is 15.9 Å². The number of para-hydroxylation sites is 1. The Morgan fingerprint density at radius 3 is 2.16 bits per heavy atom. The van der Waals surface area contributed by atoms with Gasteiger partial charge >= 0.3 is 0 Å². The van der Waals surface area contributed by atoms with Crippen molar-refractivity contribution in [1.29, 1.82) is 0 Å². The van der Waals surface area contributed by atoms with E-state index in [9.17, 15) is 14.0 Å². The maximum Gasteiger partial charge on any atom is 0.259 e. The normalized spacial score (nSPS) is 17.9. The SMILES string of the molecule is O=C([C@H]1Cc2ccccc2N1C(=O)c1ccccc1)N1CCN(c2ccc(F)cc2)CC1. The lowest BCUT2D eigenvalue weighted by molar-refractivity contribution is -0.132. The summed E-state index contributed by atoms with van der Waals surface area (Å²) in [5, 5.41) is 0. The zero-order valence-electron chi connectivity index (χ0n) is 17.7. The van der Waals surface area contributed by atoms with Gasteiger partial charge in [0.15, 0.2) is 0 Å². The summed E-state index contributed by atoms with van der Waals surface area (Å²) in [5.74, 6) is -0.436. The van der Waals surface area contributed by atoms with E-state index in [0.29, 0.717) is 38.2 Å². The summed E-state index contributed by atoms with van der Waals surface area (Å²) in [7, 11) is 0. The molecule has 0 unspecified atom stereocenters. The van der Waals surface area contributed by atoms with Gasteiger partial charge in [-0.2, -0.15) is 0 Å². The molecular weight excluding hydrogens is 405 g/mol. The van der Waals surface area contributed by atoms with Crippen molar-refractivity contribution in [3.63, 3.8) is 0 Å². The van der Waals surface area contributed by atoms with E-state index in [1.807, 2.05) is 47.4 Å². The topological polar surface area (TPSA) is 43.9 Å².